The highest BCUT2D eigenvalue weighted by Gasteiger charge is 2.04. The summed E-state index contributed by atoms with van der Waals surface area (Å²) in [6.07, 6.45) is 6.66. The van der Waals surface area contributed by atoms with E-state index in [-0.39, 0.29) is 5.56 Å². The SMILES string of the molecule is CCCCCCNCCn1cnc(C)c(Br)c1=O. The third-order valence-electron chi connectivity index (χ3n) is 2.89. The van der Waals surface area contributed by atoms with Crippen molar-refractivity contribution >= 4 is 15.9 Å². The van der Waals surface area contributed by atoms with E-state index in [4.69, 9.17) is 0 Å². The van der Waals surface area contributed by atoms with Gasteiger partial charge in [-0.05, 0) is 35.8 Å². The maximum absolute atomic E-state index is 11.8. The van der Waals surface area contributed by atoms with Gasteiger partial charge < -0.3 is 5.32 Å². The molecule has 0 saturated heterocycles. The lowest BCUT2D eigenvalue weighted by molar-refractivity contribution is 0.549. The first-order chi connectivity index (χ1) is 8.66. The van der Waals surface area contributed by atoms with Crippen molar-refractivity contribution in [3.63, 3.8) is 0 Å². The minimum Gasteiger partial charge on any atom is -0.315 e. The summed E-state index contributed by atoms with van der Waals surface area (Å²) < 4.78 is 2.20. The van der Waals surface area contributed by atoms with Gasteiger partial charge in [0.25, 0.3) is 5.56 Å². The van der Waals surface area contributed by atoms with Crippen LogP contribution in [0.4, 0.5) is 0 Å². The standard InChI is InChI=1S/C13H22BrN3O/c1-3-4-5-6-7-15-8-9-17-10-16-11(2)12(14)13(17)18/h10,15H,3-9H2,1-2H3. The van der Waals surface area contributed by atoms with Gasteiger partial charge in [0.05, 0.1) is 12.0 Å². The van der Waals surface area contributed by atoms with E-state index in [2.05, 4.69) is 33.2 Å². The molecule has 1 aromatic rings. The van der Waals surface area contributed by atoms with Gasteiger partial charge in [-0.15, -0.1) is 0 Å². The fourth-order valence-corrected chi connectivity index (χ4v) is 2.04. The van der Waals surface area contributed by atoms with E-state index in [0.717, 1.165) is 18.8 Å². The molecule has 0 aromatic carbocycles. The molecular formula is C13H22BrN3O. The number of aromatic nitrogens is 2. The molecule has 0 atom stereocenters. The first kappa shape index (κ1) is 15.4. The van der Waals surface area contributed by atoms with Crippen molar-refractivity contribution in [2.75, 3.05) is 13.1 Å². The van der Waals surface area contributed by atoms with Crippen LogP contribution in [-0.2, 0) is 6.54 Å². The molecule has 0 fully saturated rings. The van der Waals surface area contributed by atoms with E-state index in [1.54, 1.807) is 10.9 Å². The monoisotopic (exact) mass is 315 g/mol. The summed E-state index contributed by atoms with van der Waals surface area (Å²) in [7, 11) is 0. The number of hydrogen-bond acceptors (Lipinski definition) is 3. The lowest BCUT2D eigenvalue weighted by atomic mass is 10.2. The molecule has 0 saturated carbocycles. The quantitative estimate of drug-likeness (QED) is 0.750. The second-order valence-corrected chi connectivity index (χ2v) is 5.25. The van der Waals surface area contributed by atoms with Crippen molar-refractivity contribution in [3.8, 4) is 0 Å². The largest absolute Gasteiger partial charge is 0.315 e. The Bertz CT molecular complexity index is 417. The predicted molar refractivity (Wildman–Crippen MR) is 77.9 cm³/mol. The van der Waals surface area contributed by atoms with Gasteiger partial charge in [-0.25, -0.2) is 4.98 Å². The zero-order valence-corrected chi connectivity index (χ0v) is 12.8. The summed E-state index contributed by atoms with van der Waals surface area (Å²) in [5.74, 6) is 0. The fourth-order valence-electron chi connectivity index (χ4n) is 1.71. The van der Waals surface area contributed by atoms with E-state index >= 15 is 0 Å². The third-order valence-corrected chi connectivity index (χ3v) is 3.81. The van der Waals surface area contributed by atoms with Crippen LogP contribution < -0.4 is 10.9 Å². The second-order valence-electron chi connectivity index (χ2n) is 4.45. The van der Waals surface area contributed by atoms with Crippen LogP contribution in [0.1, 0.15) is 38.3 Å². The number of hydrogen-bond donors (Lipinski definition) is 1. The Balaban J connectivity index is 2.28. The van der Waals surface area contributed by atoms with Crippen molar-refractivity contribution in [2.24, 2.45) is 0 Å². The van der Waals surface area contributed by atoms with E-state index in [9.17, 15) is 4.79 Å². The van der Waals surface area contributed by atoms with Crippen molar-refractivity contribution in [3.05, 3.63) is 26.8 Å². The summed E-state index contributed by atoms with van der Waals surface area (Å²) in [6.45, 7) is 6.53. The average Bonchev–Trinajstić information content (AvgIpc) is 2.37. The zero-order chi connectivity index (χ0) is 13.4. The number of halogens is 1. The molecule has 4 nitrogen and oxygen atoms in total. The van der Waals surface area contributed by atoms with Gasteiger partial charge in [0.15, 0.2) is 0 Å². The Morgan fingerprint density at radius 3 is 2.83 bits per heavy atom. The Morgan fingerprint density at radius 2 is 2.11 bits per heavy atom. The molecule has 1 rings (SSSR count). The number of unbranched alkanes of at least 4 members (excludes halogenated alkanes) is 3. The molecule has 0 unspecified atom stereocenters. The lowest BCUT2D eigenvalue weighted by Crippen LogP contribution is -2.28. The number of aryl methyl sites for hydroxylation is 1. The molecule has 1 heterocycles. The number of nitrogens with zero attached hydrogens (tertiary/aromatic N) is 2. The molecule has 0 amide bonds. The minimum atomic E-state index is -0.00437. The van der Waals surface area contributed by atoms with Gasteiger partial charge >= 0.3 is 0 Å². The van der Waals surface area contributed by atoms with Crippen LogP contribution >= 0.6 is 15.9 Å². The fraction of sp³-hybridized carbons (Fsp3) is 0.692. The topological polar surface area (TPSA) is 46.9 Å². The first-order valence-electron chi connectivity index (χ1n) is 6.59. The highest BCUT2D eigenvalue weighted by atomic mass is 79.9. The van der Waals surface area contributed by atoms with Crippen LogP contribution in [0.3, 0.4) is 0 Å². The van der Waals surface area contributed by atoms with Gasteiger partial charge in [0.2, 0.25) is 0 Å². The molecule has 0 aliphatic heterocycles. The zero-order valence-electron chi connectivity index (χ0n) is 11.2. The second kappa shape index (κ2) is 8.43. The summed E-state index contributed by atoms with van der Waals surface area (Å²) in [4.78, 5) is 16.0. The maximum Gasteiger partial charge on any atom is 0.267 e. The summed E-state index contributed by atoms with van der Waals surface area (Å²) in [6, 6.07) is 0. The van der Waals surface area contributed by atoms with Gasteiger partial charge in [0.1, 0.15) is 4.47 Å². The summed E-state index contributed by atoms with van der Waals surface area (Å²) >= 11 is 3.26. The van der Waals surface area contributed by atoms with Crippen LogP contribution in [0.5, 0.6) is 0 Å². The Hall–Kier alpha value is -0.680. The van der Waals surface area contributed by atoms with Crippen molar-refractivity contribution < 1.29 is 0 Å². The molecule has 1 N–H and O–H groups in total. The van der Waals surface area contributed by atoms with Crippen molar-refractivity contribution in [1.29, 1.82) is 0 Å². The lowest BCUT2D eigenvalue weighted by Gasteiger charge is -2.08. The Kier molecular flexibility index (Phi) is 7.20. The molecule has 102 valence electrons. The summed E-state index contributed by atoms with van der Waals surface area (Å²) in [5, 5.41) is 3.35. The molecule has 0 spiro atoms. The Morgan fingerprint density at radius 1 is 1.33 bits per heavy atom. The smallest absolute Gasteiger partial charge is 0.267 e. The van der Waals surface area contributed by atoms with E-state index in [1.807, 2.05) is 6.92 Å². The average molecular weight is 316 g/mol. The van der Waals surface area contributed by atoms with E-state index < -0.39 is 0 Å². The molecule has 0 aliphatic rings. The van der Waals surface area contributed by atoms with Crippen LogP contribution in [0.25, 0.3) is 0 Å². The van der Waals surface area contributed by atoms with E-state index in [0.29, 0.717) is 11.0 Å². The number of nitrogens with one attached hydrogen (secondary N) is 1. The normalized spacial score (nSPS) is 10.8. The van der Waals surface area contributed by atoms with Crippen LogP contribution in [0, 0.1) is 6.92 Å². The number of rotatable bonds is 8. The van der Waals surface area contributed by atoms with E-state index in [1.165, 1.54) is 25.7 Å². The maximum atomic E-state index is 11.8. The minimum absolute atomic E-state index is 0.00437. The molecule has 1 aromatic heterocycles. The van der Waals surface area contributed by atoms with Crippen molar-refractivity contribution in [2.45, 2.75) is 46.1 Å². The van der Waals surface area contributed by atoms with Crippen LogP contribution in [0.15, 0.2) is 15.6 Å². The van der Waals surface area contributed by atoms with Crippen LogP contribution in [0.2, 0.25) is 0 Å². The van der Waals surface area contributed by atoms with Gasteiger partial charge in [0, 0.05) is 13.1 Å². The van der Waals surface area contributed by atoms with Gasteiger partial charge in [-0.3, -0.25) is 9.36 Å². The van der Waals surface area contributed by atoms with Gasteiger partial charge in [-0.1, -0.05) is 26.2 Å². The highest BCUT2D eigenvalue weighted by Crippen LogP contribution is 2.05. The summed E-state index contributed by atoms with van der Waals surface area (Å²) in [5.41, 5.74) is 0.735. The molecule has 0 bridgehead atoms. The van der Waals surface area contributed by atoms with Gasteiger partial charge in [-0.2, -0.15) is 0 Å². The Labute approximate surface area is 117 Å². The molecular weight excluding hydrogens is 294 g/mol. The molecule has 0 radical (unpaired) electrons. The third kappa shape index (κ3) is 4.90. The van der Waals surface area contributed by atoms with Crippen molar-refractivity contribution in [1.82, 2.24) is 14.9 Å². The first-order valence-corrected chi connectivity index (χ1v) is 7.38. The molecule has 5 heteroatoms. The van der Waals surface area contributed by atoms with Crippen LogP contribution in [-0.4, -0.2) is 22.6 Å². The predicted octanol–water partition coefficient (Wildman–Crippen LogP) is 2.48. The molecule has 0 aliphatic carbocycles. The highest BCUT2D eigenvalue weighted by molar-refractivity contribution is 9.10. The molecule has 18 heavy (non-hydrogen) atoms.